The van der Waals surface area contributed by atoms with Crippen molar-refractivity contribution in [1.29, 1.82) is 0 Å². The summed E-state index contributed by atoms with van der Waals surface area (Å²) in [6.07, 6.45) is 0. The Labute approximate surface area is 315 Å². The number of fused-ring (bicyclic) bond motifs is 4. The Morgan fingerprint density at radius 3 is 1.61 bits per heavy atom. The third-order valence-electron chi connectivity index (χ3n) is 10.6. The summed E-state index contributed by atoms with van der Waals surface area (Å²) in [6.45, 7) is 0. The molecule has 0 spiro atoms. The molecule has 0 saturated carbocycles. The van der Waals surface area contributed by atoms with Gasteiger partial charge < -0.3 is 9.47 Å². The van der Waals surface area contributed by atoms with Crippen molar-refractivity contribution in [2.75, 3.05) is 4.90 Å². The Bertz CT molecular complexity index is 2910. The SMILES string of the molecule is c1ccc(-c2ccc(-c3ccccc3N(c3ccc4c5ccccc5n(-c5ccccc5)c4c3)c3cc4ccccc4cc3-c3ccccc3)cc2)cc1. The van der Waals surface area contributed by atoms with E-state index in [4.69, 9.17) is 0 Å². The number of hydrogen-bond acceptors (Lipinski definition) is 1. The second-order valence-electron chi connectivity index (χ2n) is 13.8. The van der Waals surface area contributed by atoms with Crippen LogP contribution in [0.15, 0.2) is 218 Å². The highest BCUT2D eigenvalue weighted by atomic mass is 15.1. The molecule has 2 heteroatoms. The third kappa shape index (κ3) is 5.53. The van der Waals surface area contributed by atoms with Gasteiger partial charge >= 0.3 is 0 Å². The van der Waals surface area contributed by atoms with E-state index in [0.717, 1.165) is 39.4 Å². The third-order valence-corrected chi connectivity index (χ3v) is 10.6. The second kappa shape index (κ2) is 13.4. The largest absolute Gasteiger partial charge is 0.309 e. The number of aromatic nitrogens is 1. The maximum Gasteiger partial charge on any atom is 0.0561 e. The highest BCUT2D eigenvalue weighted by Crippen LogP contribution is 2.47. The summed E-state index contributed by atoms with van der Waals surface area (Å²) < 4.78 is 2.40. The van der Waals surface area contributed by atoms with Gasteiger partial charge in [-0.3, -0.25) is 0 Å². The summed E-state index contributed by atoms with van der Waals surface area (Å²) in [5.74, 6) is 0. The van der Waals surface area contributed by atoms with Gasteiger partial charge in [0.15, 0.2) is 0 Å². The summed E-state index contributed by atoms with van der Waals surface area (Å²) in [4.78, 5) is 2.47. The predicted molar refractivity (Wildman–Crippen MR) is 229 cm³/mol. The monoisotopic (exact) mass is 688 g/mol. The molecular weight excluding hydrogens is 653 g/mol. The van der Waals surface area contributed by atoms with Crippen LogP contribution in [-0.2, 0) is 0 Å². The molecule has 0 amide bonds. The van der Waals surface area contributed by atoms with Gasteiger partial charge in [0.25, 0.3) is 0 Å². The minimum atomic E-state index is 1.09. The molecule has 1 heterocycles. The molecule has 0 unspecified atom stereocenters. The molecule has 10 aromatic rings. The lowest BCUT2D eigenvalue weighted by Gasteiger charge is -2.30. The van der Waals surface area contributed by atoms with Gasteiger partial charge in [-0.2, -0.15) is 0 Å². The van der Waals surface area contributed by atoms with Crippen molar-refractivity contribution in [3.8, 4) is 39.1 Å². The Morgan fingerprint density at radius 2 is 0.852 bits per heavy atom. The van der Waals surface area contributed by atoms with E-state index in [9.17, 15) is 0 Å². The molecule has 2 nitrogen and oxygen atoms in total. The highest BCUT2D eigenvalue weighted by Gasteiger charge is 2.23. The number of para-hydroxylation sites is 3. The average molecular weight is 689 g/mol. The van der Waals surface area contributed by atoms with Crippen molar-refractivity contribution in [2.45, 2.75) is 0 Å². The molecule has 0 aliphatic rings. The first-order valence-corrected chi connectivity index (χ1v) is 18.5. The molecule has 1 aromatic heterocycles. The molecule has 0 saturated heterocycles. The topological polar surface area (TPSA) is 8.17 Å². The maximum atomic E-state index is 2.47. The lowest BCUT2D eigenvalue weighted by Crippen LogP contribution is -2.13. The minimum Gasteiger partial charge on any atom is -0.309 e. The van der Waals surface area contributed by atoms with Crippen molar-refractivity contribution in [3.05, 3.63) is 218 Å². The number of nitrogens with zero attached hydrogens (tertiary/aromatic N) is 2. The van der Waals surface area contributed by atoms with Crippen LogP contribution in [0.5, 0.6) is 0 Å². The van der Waals surface area contributed by atoms with Crippen LogP contribution in [0.3, 0.4) is 0 Å². The molecular formula is C52H36N2. The summed E-state index contributed by atoms with van der Waals surface area (Å²) in [5.41, 5.74) is 13.9. The van der Waals surface area contributed by atoms with Gasteiger partial charge in [0, 0.05) is 33.3 Å². The van der Waals surface area contributed by atoms with E-state index in [1.54, 1.807) is 0 Å². The fourth-order valence-corrected chi connectivity index (χ4v) is 8.01. The van der Waals surface area contributed by atoms with E-state index in [2.05, 4.69) is 228 Å². The minimum absolute atomic E-state index is 1.09. The zero-order valence-corrected chi connectivity index (χ0v) is 29.7. The molecule has 0 fully saturated rings. The number of hydrogen-bond donors (Lipinski definition) is 0. The zero-order valence-electron chi connectivity index (χ0n) is 29.7. The Kier molecular flexibility index (Phi) is 7.85. The van der Waals surface area contributed by atoms with Crippen LogP contribution >= 0.6 is 0 Å². The van der Waals surface area contributed by atoms with Crippen LogP contribution in [0.4, 0.5) is 17.1 Å². The van der Waals surface area contributed by atoms with Crippen molar-refractivity contribution in [1.82, 2.24) is 4.57 Å². The van der Waals surface area contributed by atoms with Crippen LogP contribution in [-0.4, -0.2) is 4.57 Å². The molecule has 0 N–H and O–H groups in total. The van der Waals surface area contributed by atoms with Gasteiger partial charge in [-0.15, -0.1) is 0 Å². The van der Waals surface area contributed by atoms with Gasteiger partial charge in [-0.05, 0) is 81.6 Å². The number of benzene rings is 9. The van der Waals surface area contributed by atoms with Crippen LogP contribution in [0.1, 0.15) is 0 Å². The van der Waals surface area contributed by atoms with Crippen molar-refractivity contribution >= 4 is 49.6 Å². The Hall–Kier alpha value is -7.16. The van der Waals surface area contributed by atoms with Crippen LogP contribution in [0, 0.1) is 0 Å². The molecule has 54 heavy (non-hydrogen) atoms. The van der Waals surface area contributed by atoms with Crippen molar-refractivity contribution in [3.63, 3.8) is 0 Å². The number of rotatable bonds is 7. The molecule has 0 aliphatic carbocycles. The molecule has 9 aromatic carbocycles. The van der Waals surface area contributed by atoms with Crippen LogP contribution in [0.25, 0.3) is 71.6 Å². The Balaban J connectivity index is 1.26. The average Bonchev–Trinajstić information content (AvgIpc) is 3.58. The van der Waals surface area contributed by atoms with Gasteiger partial charge in [0.2, 0.25) is 0 Å². The van der Waals surface area contributed by atoms with Gasteiger partial charge in [0.1, 0.15) is 0 Å². The second-order valence-corrected chi connectivity index (χ2v) is 13.8. The van der Waals surface area contributed by atoms with E-state index in [-0.39, 0.29) is 0 Å². The van der Waals surface area contributed by atoms with Gasteiger partial charge in [0.05, 0.1) is 22.4 Å². The van der Waals surface area contributed by atoms with E-state index in [0.29, 0.717) is 0 Å². The van der Waals surface area contributed by atoms with E-state index in [1.165, 1.54) is 49.3 Å². The number of anilines is 3. The quantitative estimate of drug-likeness (QED) is 0.162. The van der Waals surface area contributed by atoms with E-state index < -0.39 is 0 Å². The molecule has 0 atom stereocenters. The van der Waals surface area contributed by atoms with Crippen molar-refractivity contribution in [2.24, 2.45) is 0 Å². The lowest BCUT2D eigenvalue weighted by atomic mass is 9.95. The highest BCUT2D eigenvalue weighted by molar-refractivity contribution is 6.11. The van der Waals surface area contributed by atoms with E-state index in [1.807, 2.05) is 0 Å². The Morgan fingerprint density at radius 1 is 0.315 bits per heavy atom. The summed E-state index contributed by atoms with van der Waals surface area (Å²) >= 11 is 0. The smallest absolute Gasteiger partial charge is 0.0561 e. The normalized spacial score (nSPS) is 11.3. The summed E-state index contributed by atoms with van der Waals surface area (Å²) in [5, 5.41) is 4.87. The zero-order chi connectivity index (χ0) is 35.8. The summed E-state index contributed by atoms with van der Waals surface area (Å²) in [6, 6.07) is 79.0. The lowest BCUT2D eigenvalue weighted by molar-refractivity contribution is 1.18. The summed E-state index contributed by atoms with van der Waals surface area (Å²) in [7, 11) is 0. The van der Waals surface area contributed by atoms with Crippen LogP contribution < -0.4 is 4.90 Å². The first-order valence-electron chi connectivity index (χ1n) is 18.5. The first-order chi connectivity index (χ1) is 26.8. The molecule has 0 aliphatic heterocycles. The standard InChI is InChI=1S/C52H36N2/c1-4-16-37(17-5-1)38-28-30-40(31-29-38)45-24-12-14-26-49(45)54(51-35-42-21-11-10-20-41(42)34-48(51)39-18-6-2-7-19-39)44-32-33-47-46-25-13-15-27-50(46)53(52(47)36-44)43-22-8-3-9-23-43/h1-36H. The fraction of sp³-hybridized carbons (Fsp3) is 0. The van der Waals surface area contributed by atoms with Gasteiger partial charge in [-0.1, -0.05) is 170 Å². The maximum absolute atomic E-state index is 2.47. The van der Waals surface area contributed by atoms with E-state index >= 15 is 0 Å². The molecule has 10 rings (SSSR count). The predicted octanol–water partition coefficient (Wildman–Crippen LogP) is 14.4. The molecule has 0 bridgehead atoms. The first kappa shape index (κ1) is 31.6. The van der Waals surface area contributed by atoms with Gasteiger partial charge in [-0.25, -0.2) is 0 Å². The molecule has 254 valence electrons. The van der Waals surface area contributed by atoms with Crippen LogP contribution in [0.2, 0.25) is 0 Å². The fourth-order valence-electron chi connectivity index (χ4n) is 8.01. The molecule has 0 radical (unpaired) electrons. The van der Waals surface area contributed by atoms with Crippen molar-refractivity contribution < 1.29 is 0 Å².